The van der Waals surface area contributed by atoms with Crippen LogP contribution >= 0.6 is 0 Å². The summed E-state index contributed by atoms with van der Waals surface area (Å²) in [7, 11) is -3.93. The van der Waals surface area contributed by atoms with Crippen molar-refractivity contribution >= 4 is 16.0 Å². The van der Waals surface area contributed by atoms with Crippen molar-refractivity contribution in [2.75, 3.05) is 0 Å². The van der Waals surface area contributed by atoms with Crippen molar-refractivity contribution in [2.45, 2.75) is 24.3 Å². The predicted octanol–water partition coefficient (Wildman–Crippen LogP) is 0.700. The highest BCUT2D eigenvalue weighted by atomic mass is 32.2. The van der Waals surface area contributed by atoms with E-state index < -0.39 is 22.0 Å². The number of rotatable bonds is 5. The van der Waals surface area contributed by atoms with Crippen molar-refractivity contribution in [1.82, 2.24) is 4.72 Å². The largest absolute Gasteiger partial charge is 0.480 e. The van der Waals surface area contributed by atoms with Crippen molar-refractivity contribution < 1.29 is 18.3 Å². The van der Waals surface area contributed by atoms with Gasteiger partial charge in [0.05, 0.1) is 16.5 Å². The molecule has 7 heteroatoms. The minimum absolute atomic E-state index is 0.124. The number of hydrogen-bond donors (Lipinski definition) is 2. The molecule has 0 fully saturated rings. The Labute approximate surface area is 105 Å². The number of hydrogen-bond acceptors (Lipinski definition) is 4. The minimum Gasteiger partial charge on any atom is -0.480 e. The van der Waals surface area contributed by atoms with E-state index in [2.05, 4.69) is 4.72 Å². The van der Waals surface area contributed by atoms with Gasteiger partial charge in [-0.05, 0) is 24.6 Å². The van der Waals surface area contributed by atoms with Gasteiger partial charge < -0.3 is 5.11 Å². The van der Waals surface area contributed by atoms with E-state index in [1.165, 1.54) is 24.3 Å². The minimum atomic E-state index is -3.93. The molecule has 2 N–H and O–H groups in total. The lowest BCUT2D eigenvalue weighted by molar-refractivity contribution is -0.139. The first-order valence-corrected chi connectivity index (χ1v) is 6.64. The number of carbonyl (C=O) groups is 1. The zero-order valence-corrected chi connectivity index (χ0v) is 10.4. The number of aliphatic carboxylic acids is 1. The number of carboxylic acids is 1. The van der Waals surface area contributed by atoms with Crippen LogP contribution in [0.2, 0.25) is 0 Å². The molecule has 1 rings (SSSR count). The lowest BCUT2D eigenvalue weighted by Gasteiger charge is -2.12. The molecule has 1 aromatic carbocycles. The third kappa shape index (κ3) is 3.29. The Balaban J connectivity index is 3.07. The van der Waals surface area contributed by atoms with Gasteiger partial charge in [-0.3, -0.25) is 4.79 Å². The Kier molecular flexibility index (Phi) is 4.42. The molecule has 1 aromatic rings. The molecule has 0 aliphatic heterocycles. The summed E-state index contributed by atoms with van der Waals surface area (Å²) in [5.41, 5.74) is 0.196. The van der Waals surface area contributed by atoms with Crippen LogP contribution in [-0.4, -0.2) is 25.5 Å². The number of nitrogens with one attached hydrogen (secondary N) is 1. The first kappa shape index (κ1) is 14.2. The van der Waals surface area contributed by atoms with E-state index in [0.29, 0.717) is 0 Å². The van der Waals surface area contributed by atoms with E-state index in [-0.39, 0.29) is 16.9 Å². The van der Waals surface area contributed by atoms with Crippen LogP contribution in [0.5, 0.6) is 0 Å². The lowest BCUT2D eigenvalue weighted by atomic mass is 10.2. The fourth-order valence-corrected chi connectivity index (χ4v) is 2.61. The third-order valence-corrected chi connectivity index (χ3v) is 3.75. The molecule has 0 saturated carbocycles. The summed E-state index contributed by atoms with van der Waals surface area (Å²) in [6, 6.07) is 6.03. The van der Waals surface area contributed by atoms with Gasteiger partial charge in [0.2, 0.25) is 10.0 Å². The average Bonchev–Trinajstić information content (AvgIpc) is 2.35. The van der Waals surface area contributed by atoms with E-state index >= 15 is 0 Å². The maximum atomic E-state index is 11.9. The van der Waals surface area contributed by atoms with Gasteiger partial charge in [0.1, 0.15) is 6.04 Å². The Morgan fingerprint density at radius 1 is 1.56 bits per heavy atom. The molecule has 18 heavy (non-hydrogen) atoms. The van der Waals surface area contributed by atoms with Gasteiger partial charge in [0.25, 0.3) is 0 Å². The van der Waals surface area contributed by atoms with E-state index in [0.717, 1.165) is 0 Å². The van der Waals surface area contributed by atoms with Crippen molar-refractivity contribution in [3.8, 4) is 6.07 Å². The molecular formula is C11H12N2O4S. The third-order valence-electron chi connectivity index (χ3n) is 2.28. The van der Waals surface area contributed by atoms with Crippen molar-refractivity contribution in [3.05, 3.63) is 29.8 Å². The van der Waals surface area contributed by atoms with Crippen LogP contribution in [0.4, 0.5) is 0 Å². The standard InChI is InChI=1S/C11H12N2O4S/c1-2-10(11(14)15)13-18(16,17)9-5-3-4-8(6-9)7-12/h3-6,10,13H,2H2,1H3,(H,14,15)/t10-/m0/s1. The van der Waals surface area contributed by atoms with E-state index in [9.17, 15) is 13.2 Å². The fraction of sp³-hybridized carbons (Fsp3) is 0.273. The second-order valence-electron chi connectivity index (χ2n) is 3.56. The first-order valence-electron chi connectivity index (χ1n) is 5.16. The molecule has 0 spiro atoms. The summed E-state index contributed by atoms with van der Waals surface area (Å²) in [4.78, 5) is 10.7. The van der Waals surface area contributed by atoms with Crippen molar-refractivity contribution in [1.29, 1.82) is 5.26 Å². The van der Waals surface area contributed by atoms with E-state index in [1.807, 2.05) is 6.07 Å². The SMILES string of the molecule is CC[C@H](NS(=O)(=O)c1cccc(C#N)c1)C(=O)O. The van der Waals surface area contributed by atoms with Crippen LogP contribution < -0.4 is 4.72 Å². The van der Waals surface area contributed by atoms with Gasteiger partial charge in [0.15, 0.2) is 0 Å². The molecule has 1 atom stereocenters. The summed E-state index contributed by atoms with van der Waals surface area (Å²) in [5.74, 6) is -1.24. The van der Waals surface area contributed by atoms with Crippen LogP contribution in [-0.2, 0) is 14.8 Å². The maximum absolute atomic E-state index is 11.9. The molecule has 96 valence electrons. The van der Waals surface area contributed by atoms with Gasteiger partial charge >= 0.3 is 5.97 Å². The molecule has 0 amide bonds. The monoisotopic (exact) mass is 268 g/mol. The Bertz CT molecular complexity index is 589. The molecule has 0 bridgehead atoms. The van der Waals surface area contributed by atoms with E-state index in [4.69, 9.17) is 10.4 Å². The predicted molar refractivity (Wildman–Crippen MR) is 63.2 cm³/mol. The van der Waals surface area contributed by atoms with Crippen LogP contribution in [0.3, 0.4) is 0 Å². The van der Waals surface area contributed by atoms with Crippen LogP contribution in [0.15, 0.2) is 29.2 Å². The second kappa shape index (κ2) is 5.62. The number of nitrogens with zero attached hydrogens (tertiary/aromatic N) is 1. The number of sulfonamides is 1. The lowest BCUT2D eigenvalue weighted by Crippen LogP contribution is -2.40. The molecule has 6 nitrogen and oxygen atoms in total. The molecule has 0 heterocycles. The molecule has 0 radical (unpaired) electrons. The summed E-state index contributed by atoms with van der Waals surface area (Å²) >= 11 is 0. The van der Waals surface area contributed by atoms with Crippen LogP contribution in [0, 0.1) is 11.3 Å². The van der Waals surface area contributed by atoms with Gasteiger partial charge in [-0.2, -0.15) is 9.98 Å². The van der Waals surface area contributed by atoms with Crippen molar-refractivity contribution in [2.24, 2.45) is 0 Å². The van der Waals surface area contributed by atoms with Crippen LogP contribution in [0.25, 0.3) is 0 Å². The molecular weight excluding hydrogens is 256 g/mol. The average molecular weight is 268 g/mol. The van der Waals surface area contributed by atoms with Gasteiger partial charge in [-0.15, -0.1) is 0 Å². The Morgan fingerprint density at radius 2 is 2.22 bits per heavy atom. The summed E-state index contributed by atoms with van der Waals surface area (Å²) in [5, 5.41) is 17.5. The Morgan fingerprint density at radius 3 is 2.72 bits per heavy atom. The smallest absolute Gasteiger partial charge is 0.321 e. The summed E-state index contributed by atoms with van der Waals surface area (Å²) in [6.45, 7) is 1.56. The fourth-order valence-electron chi connectivity index (χ4n) is 1.30. The maximum Gasteiger partial charge on any atom is 0.321 e. The highest BCUT2D eigenvalue weighted by Crippen LogP contribution is 2.12. The number of carboxylic acid groups (broad SMARTS) is 1. The molecule has 0 aliphatic rings. The van der Waals surface area contributed by atoms with Crippen LogP contribution in [0.1, 0.15) is 18.9 Å². The van der Waals surface area contributed by atoms with Gasteiger partial charge in [0, 0.05) is 0 Å². The number of nitriles is 1. The molecule has 0 aromatic heterocycles. The second-order valence-corrected chi connectivity index (χ2v) is 5.27. The summed E-state index contributed by atoms with van der Waals surface area (Å²) < 4.78 is 25.9. The Hall–Kier alpha value is -1.91. The topological polar surface area (TPSA) is 107 Å². The molecule has 0 saturated heterocycles. The van der Waals surface area contributed by atoms with Gasteiger partial charge in [-0.1, -0.05) is 13.0 Å². The first-order chi connectivity index (χ1) is 8.40. The molecule has 0 unspecified atom stereocenters. The zero-order valence-electron chi connectivity index (χ0n) is 9.62. The highest BCUT2D eigenvalue weighted by Gasteiger charge is 2.23. The summed E-state index contributed by atoms with van der Waals surface area (Å²) in [6.07, 6.45) is 0.131. The highest BCUT2D eigenvalue weighted by molar-refractivity contribution is 7.89. The van der Waals surface area contributed by atoms with Gasteiger partial charge in [-0.25, -0.2) is 8.42 Å². The normalized spacial score (nSPS) is 12.7. The number of benzene rings is 1. The van der Waals surface area contributed by atoms with E-state index in [1.54, 1.807) is 6.92 Å². The zero-order chi connectivity index (χ0) is 13.8. The molecule has 0 aliphatic carbocycles. The van der Waals surface area contributed by atoms with Crippen molar-refractivity contribution in [3.63, 3.8) is 0 Å². The quantitative estimate of drug-likeness (QED) is 0.817.